The Kier molecular flexibility index (Phi) is 4.69. The van der Waals surface area contributed by atoms with E-state index < -0.39 is 28.3 Å². The molecule has 2 heterocycles. The quantitative estimate of drug-likeness (QED) is 0.744. The Labute approximate surface area is 160 Å². The predicted molar refractivity (Wildman–Crippen MR) is 104 cm³/mol. The van der Waals surface area contributed by atoms with Crippen LogP contribution in [0.25, 0.3) is 0 Å². The highest BCUT2D eigenvalue weighted by Crippen LogP contribution is 2.37. The van der Waals surface area contributed by atoms with Crippen molar-refractivity contribution in [3.05, 3.63) is 35.5 Å². The monoisotopic (exact) mass is 392 g/mol. The first-order chi connectivity index (χ1) is 12.4. The van der Waals surface area contributed by atoms with Crippen LogP contribution in [0.5, 0.6) is 0 Å². The fourth-order valence-electron chi connectivity index (χ4n) is 2.83. The number of sulfonamides is 1. The van der Waals surface area contributed by atoms with Gasteiger partial charge in [-0.15, -0.1) is 0 Å². The molecule has 1 aromatic carbocycles. The lowest BCUT2D eigenvalue weighted by Gasteiger charge is -2.32. The molecule has 7 nitrogen and oxygen atoms in total. The second kappa shape index (κ2) is 6.36. The maximum Gasteiger partial charge on any atom is 0.496 e. The third-order valence-corrected chi connectivity index (χ3v) is 7.30. The van der Waals surface area contributed by atoms with Gasteiger partial charge in [-0.05, 0) is 47.6 Å². The first kappa shape index (κ1) is 19.9. The van der Waals surface area contributed by atoms with Crippen LogP contribution in [-0.4, -0.2) is 38.9 Å². The fourth-order valence-corrected chi connectivity index (χ4v) is 4.23. The third kappa shape index (κ3) is 3.17. The lowest BCUT2D eigenvalue weighted by Crippen LogP contribution is -2.41. The highest BCUT2D eigenvalue weighted by Gasteiger charge is 2.53. The molecular weight excluding hydrogens is 367 g/mol. The van der Waals surface area contributed by atoms with Crippen molar-refractivity contribution < 1.29 is 22.2 Å². The molecule has 2 aromatic rings. The van der Waals surface area contributed by atoms with Crippen molar-refractivity contribution in [2.45, 2.75) is 57.6 Å². The van der Waals surface area contributed by atoms with Gasteiger partial charge in [-0.1, -0.05) is 23.4 Å². The topological polar surface area (TPSA) is 81.9 Å². The van der Waals surface area contributed by atoms with Crippen molar-refractivity contribution in [3.63, 3.8) is 0 Å². The largest absolute Gasteiger partial charge is 0.496 e. The summed E-state index contributed by atoms with van der Waals surface area (Å²) in [5, 5.41) is 3.85. The zero-order chi connectivity index (χ0) is 20.2. The van der Waals surface area contributed by atoms with Gasteiger partial charge >= 0.3 is 7.12 Å². The van der Waals surface area contributed by atoms with Gasteiger partial charge in [0.2, 0.25) is 5.88 Å². The average Bonchev–Trinajstić information content (AvgIpc) is 3.02. The van der Waals surface area contributed by atoms with Crippen LogP contribution in [0.3, 0.4) is 0 Å². The van der Waals surface area contributed by atoms with Crippen LogP contribution in [-0.2, 0) is 19.3 Å². The van der Waals surface area contributed by atoms with Crippen LogP contribution in [0, 0.1) is 13.8 Å². The van der Waals surface area contributed by atoms with E-state index in [4.69, 9.17) is 13.8 Å². The van der Waals surface area contributed by atoms with Crippen LogP contribution >= 0.6 is 0 Å². The Hall–Kier alpha value is -1.84. The summed E-state index contributed by atoms with van der Waals surface area (Å²) in [6, 6.07) is 6.70. The smallest absolute Gasteiger partial charge is 0.399 e. The number of benzene rings is 1. The molecule has 0 saturated carbocycles. The van der Waals surface area contributed by atoms with Crippen molar-refractivity contribution in [1.29, 1.82) is 0 Å². The van der Waals surface area contributed by atoms with E-state index in [0.29, 0.717) is 16.7 Å². The summed E-state index contributed by atoms with van der Waals surface area (Å²) in [5.41, 5.74) is 0.635. The maximum atomic E-state index is 13.3. The molecule has 0 aliphatic carbocycles. The summed E-state index contributed by atoms with van der Waals surface area (Å²) in [6.45, 7) is 11.2. The second-order valence-electron chi connectivity index (χ2n) is 7.80. The molecule has 146 valence electrons. The van der Waals surface area contributed by atoms with Crippen LogP contribution in [0.2, 0.25) is 0 Å². The van der Waals surface area contributed by atoms with Gasteiger partial charge < -0.3 is 13.8 Å². The summed E-state index contributed by atoms with van der Waals surface area (Å²) < 4.78 is 45.1. The Morgan fingerprint density at radius 3 is 2.11 bits per heavy atom. The zero-order valence-corrected chi connectivity index (χ0v) is 17.5. The van der Waals surface area contributed by atoms with Crippen molar-refractivity contribution >= 4 is 28.5 Å². The predicted octanol–water partition coefficient (Wildman–Crippen LogP) is 2.42. The minimum Gasteiger partial charge on any atom is -0.399 e. The van der Waals surface area contributed by atoms with Gasteiger partial charge in [0.25, 0.3) is 10.0 Å². The van der Waals surface area contributed by atoms with Gasteiger partial charge in [-0.2, -0.15) is 0 Å². The molecule has 0 unspecified atom stereocenters. The van der Waals surface area contributed by atoms with Crippen LogP contribution < -0.4 is 9.77 Å². The second-order valence-corrected chi connectivity index (χ2v) is 9.73. The Balaban J connectivity index is 2.05. The minimum absolute atomic E-state index is 0.111. The maximum absolute atomic E-state index is 13.3. The number of anilines is 1. The molecule has 1 aliphatic heterocycles. The van der Waals surface area contributed by atoms with Crippen molar-refractivity contribution in [2.24, 2.45) is 0 Å². The number of hydrogen-bond donors (Lipinski definition) is 0. The number of rotatable bonds is 4. The number of aryl methyl sites for hydroxylation is 1. The van der Waals surface area contributed by atoms with Gasteiger partial charge in [0.05, 0.1) is 21.8 Å². The van der Waals surface area contributed by atoms with Gasteiger partial charge in [0.15, 0.2) is 0 Å². The molecule has 0 bridgehead atoms. The van der Waals surface area contributed by atoms with E-state index in [9.17, 15) is 8.42 Å². The Morgan fingerprint density at radius 2 is 1.59 bits per heavy atom. The van der Waals surface area contributed by atoms with E-state index in [1.165, 1.54) is 7.05 Å². The van der Waals surface area contributed by atoms with Crippen LogP contribution in [0.4, 0.5) is 5.88 Å². The van der Waals surface area contributed by atoms with Crippen molar-refractivity contribution in [2.75, 3.05) is 11.4 Å². The SMILES string of the molecule is Cc1noc(N(C)S(=O)(=O)c2ccccc2B2OC(C)(C)C(C)(C)O2)c1C. The van der Waals surface area contributed by atoms with E-state index in [1.54, 1.807) is 38.1 Å². The van der Waals surface area contributed by atoms with Crippen LogP contribution in [0.1, 0.15) is 39.0 Å². The lowest BCUT2D eigenvalue weighted by molar-refractivity contribution is 0.00578. The summed E-state index contributed by atoms with van der Waals surface area (Å²) in [7, 11) is -3.24. The Morgan fingerprint density at radius 1 is 1.04 bits per heavy atom. The molecule has 0 N–H and O–H groups in total. The summed E-state index contributed by atoms with van der Waals surface area (Å²) in [6.07, 6.45) is 0. The normalized spacial score (nSPS) is 18.7. The highest BCUT2D eigenvalue weighted by molar-refractivity contribution is 7.93. The number of aromatic nitrogens is 1. The molecule has 1 fully saturated rings. The molecule has 0 atom stereocenters. The van der Waals surface area contributed by atoms with E-state index >= 15 is 0 Å². The zero-order valence-electron chi connectivity index (χ0n) is 16.7. The van der Waals surface area contributed by atoms with Gasteiger partial charge in [0, 0.05) is 18.1 Å². The fraction of sp³-hybridized carbons (Fsp3) is 0.500. The van der Waals surface area contributed by atoms with Gasteiger partial charge in [0.1, 0.15) is 0 Å². The van der Waals surface area contributed by atoms with E-state index in [2.05, 4.69) is 5.16 Å². The van der Waals surface area contributed by atoms with Crippen molar-refractivity contribution in [3.8, 4) is 0 Å². The highest BCUT2D eigenvalue weighted by atomic mass is 32.2. The van der Waals surface area contributed by atoms with E-state index in [1.807, 2.05) is 27.7 Å². The van der Waals surface area contributed by atoms with E-state index in [0.717, 1.165) is 4.31 Å². The average molecular weight is 392 g/mol. The standard InChI is InChI=1S/C18H25BN2O5S/c1-12-13(2)20-24-16(12)21(7)27(22,23)15-11-9-8-10-14(15)19-25-17(3,4)18(5,6)26-19/h8-11H,1-7H3. The van der Waals surface area contributed by atoms with Gasteiger partial charge in [-0.3, -0.25) is 0 Å². The molecular formula is C18H25BN2O5S. The third-order valence-electron chi connectivity index (χ3n) is 5.48. The summed E-state index contributed by atoms with van der Waals surface area (Å²) in [4.78, 5) is 0.111. The minimum atomic E-state index is -3.90. The molecule has 3 rings (SSSR count). The molecule has 1 saturated heterocycles. The molecule has 0 radical (unpaired) electrons. The lowest BCUT2D eigenvalue weighted by atomic mass is 9.79. The molecule has 1 aliphatic rings. The number of nitrogens with zero attached hydrogens (tertiary/aromatic N) is 2. The summed E-state index contributed by atoms with van der Waals surface area (Å²) >= 11 is 0. The Bertz CT molecular complexity index is 952. The molecule has 0 amide bonds. The first-order valence-electron chi connectivity index (χ1n) is 8.75. The van der Waals surface area contributed by atoms with Crippen molar-refractivity contribution in [1.82, 2.24) is 5.16 Å². The summed E-state index contributed by atoms with van der Waals surface area (Å²) in [5.74, 6) is 0.191. The van der Waals surface area contributed by atoms with Gasteiger partial charge in [-0.25, -0.2) is 12.7 Å². The molecule has 27 heavy (non-hydrogen) atoms. The molecule has 0 spiro atoms. The molecule has 1 aromatic heterocycles. The number of hydrogen-bond acceptors (Lipinski definition) is 6. The first-order valence-corrected chi connectivity index (χ1v) is 10.2. The van der Waals surface area contributed by atoms with E-state index in [-0.39, 0.29) is 10.8 Å². The molecule has 9 heteroatoms. The van der Waals surface area contributed by atoms with Crippen LogP contribution in [0.15, 0.2) is 33.7 Å².